The smallest absolute Gasteiger partial charge is 0.270 e. The highest BCUT2D eigenvalue weighted by Gasteiger charge is 2.31. The normalized spacial score (nSPS) is 19.8. The van der Waals surface area contributed by atoms with Gasteiger partial charge < -0.3 is 15.2 Å². The number of carbonyl (C=O) groups is 1. The molecule has 1 aliphatic rings. The van der Waals surface area contributed by atoms with Crippen LogP contribution in [0.2, 0.25) is 0 Å². The van der Waals surface area contributed by atoms with Crippen LogP contribution in [0, 0.1) is 6.92 Å². The van der Waals surface area contributed by atoms with Crippen molar-refractivity contribution in [1.29, 1.82) is 0 Å². The van der Waals surface area contributed by atoms with Gasteiger partial charge in [0.05, 0.1) is 24.4 Å². The summed E-state index contributed by atoms with van der Waals surface area (Å²) < 4.78 is 7.37. The second kappa shape index (κ2) is 6.24. The van der Waals surface area contributed by atoms with Crippen LogP contribution < -0.4 is 5.32 Å². The van der Waals surface area contributed by atoms with Crippen molar-refractivity contribution in [2.75, 3.05) is 0 Å². The summed E-state index contributed by atoms with van der Waals surface area (Å²) in [5.74, 6) is -0.154. The Kier molecular flexibility index (Phi) is 4.28. The molecule has 0 aromatic carbocycles. The Hall–Kier alpha value is -2.41. The molecule has 1 amide bonds. The standard InChI is InChI=1S/C17H22N4O3/c1-9-5-6-14(22)13(19-9)8-18-17(23)16-12-7-10(2)24-11(3)15(12)20-21(16)4/h5-6,10-11,22H,7-8H2,1-4H3,(H,18,23)/t10-,11+/m1/s1. The minimum atomic E-state index is -0.227. The van der Waals surface area contributed by atoms with Crippen molar-refractivity contribution >= 4 is 5.91 Å². The van der Waals surface area contributed by atoms with Gasteiger partial charge in [0.25, 0.3) is 5.91 Å². The first-order chi connectivity index (χ1) is 11.4. The van der Waals surface area contributed by atoms with Gasteiger partial charge >= 0.3 is 0 Å². The highest BCUT2D eigenvalue weighted by Crippen LogP contribution is 2.31. The molecule has 24 heavy (non-hydrogen) atoms. The van der Waals surface area contributed by atoms with Gasteiger partial charge in [0.1, 0.15) is 17.1 Å². The lowest BCUT2D eigenvalue weighted by atomic mass is 9.99. The lowest BCUT2D eigenvalue weighted by Crippen LogP contribution is -2.28. The molecule has 7 heteroatoms. The SMILES string of the molecule is Cc1ccc(O)c(CNC(=O)c2c3c(nn2C)[C@H](C)O[C@H](C)C3)n1. The maximum Gasteiger partial charge on any atom is 0.270 e. The molecule has 0 radical (unpaired) electrons. The summed E-state index contributed by atoms with van der Waals surface area (Å²) in [5, 5.41) is 17.1. The molecule has 0 unspecified atom stereocenters. The van der Waals surface area contributed by atoms with Crippen molar-refractivity contribution in [1.82, 2.24) is 20.1 Å². The second-order valence-electron chi connectivity index (χ2n) is 6.23. The Morgan fingerprint density at radius 2 is 2.21 bits per heavy atom. The summed E-state index contributed by atoms with van der Waals surface area (Å²) >= 11 is 0. The maximum absolute atomic E-state index is 12.7. The topological polar surface area (TPSA) is 89.3 Å². The first-order valence-electron chi connectivity index (χ1n) is 8.01. The summed E-state index contributed by atoms with van der Waals surface area (Å²) in [6.07, 6.45) is 0.578. The molecule has 0 fully saturated rings. The van der Waals surface area contributed by atoms with E-state index >= 15 is 0 Å². The number of amides is 1. The number of fused-ring (bicyclic) bond motifs is 1. The lowest BCUT2D eigenvalue weighted by molar-refractivity contribution is -0.00710. The molecule has 128 valence electrons. The van der Waals surface area contributed by atoms with Gasteiger partial charge in [0, 0.05) is 24.7 Å². The van der Waals surface area contributed by atoms with Gasteiger partial charge in [0.15, 0.2) is 0 Å². The van der Waals surface area contributed by atoms with E-state index in [9.17, 15) is 9.90 Å². The van der Waals surface area contributed by atoms with Crippen LogP contribution in [0.3, 0.4) is 0 Å². The minimum absolute atomic E-state index is 0.0470. The monoisotopic (exact) mass is 330 g/mol. The molecule has 2 aromatic heterocycles. The van der Waals surface area contributed by atoms with Crippen molar-refractivity contribution in [3.8, 4) is 5.75 Å². The number of aromatic nitrogens is 3. The molecule has 0 bridgehead atoms. The number of nitrogens with one attached hydrogen (secondary N) is 1. The summed E-state index contributed by atoms with van der Waals surface area (Å²) in [6, 6.07) is 3.30. The fourth-order valence-corrected chi connectivity index (χ4v) is 3.13. The van der Waals surface area contributed by atoms with Gasteiger partial charge in [-0.3, -0.25) is 14.5 Å². The second-order valence-corrected chi connectivity index (χ2v) is 6.23. The molecule has 1 aliphatic heterocycles. The van der Waals surface area contributed by atoms with E-state index in [0.717, 1.165) is 17.0 Å². The number of hydrogen-bond acceptors (Lipinski definition) is 5. The first-order valence-corrected chi connectivity index (χ1v) is 8.01. The fourth-order valence-electron chi connectivity index (χ4n) is 3.13. The zero-order valence-corrected chi connectivity index (χ0v) is 14.3. The Morgan fingerprint density at radius 1 is 1.46 bits per heavy atom. The van der Waals surface area contributed by atoms with Crippen LogP contribution in [0.4, 0.5) is 0 Å². The first kappa shape index (κ1) is 16.4. The number of carbonyl (C=O) groups excluding carboxylic acids is 1. The van der Waals surface area contributed by atoms with Gasteiger partial charge in [-0.2, -0.15) is 5.10 Å². The fraction of sp³-hybridized carbons (Fsp3) is 0.471. The van der Waals surface area contributed by atoms with Gasteiger partial charge in [0.2, 0.25) is 0 Å². The van der Waals surface area contributed by atoms with Crippen LogP contribution in [0.5, 0.6) is 5.75 Å². The number of pyridine rings is 1. The van der Waals surface area contributed by atoms with E-state index in [1.54, 1.807) is 23.9 Å². The van der Waals surface area contributed by atoms with E-state index in [-0.39, 0.29) is 30.4 Å². The van der Waals surface area contributed by atoms with Crippen LogP contribution in [0.1, 0.15) is 53.1 Å². The third-order valence-electron chi connectivity index (χ3n) is 4.21. The number of hydrogen-bond donors (Lipinski definition) is 2. The molecular weight excluding hydrogens is 308 g/mol. The van der Waals surface area contributed by atoms with Gasteiger partial charge in [-0.05, 0) is 32.9 Å². The summed E-state index contributed by atoms with van der Waals surface area (Å²) in [6.45, 7) is 5.93. The third kappa shape index (κ3) is 2.99. The molecule has 2 aromatic rings. The number of nitrogens with zero attached hydrogens (tertiary/aromatic N) is 3. The third-order valence-corrected chi connectivity index (χ3v) is 4.21. The zero-order valence-electron chi connectivity index (χ0n) is 14.3. The average Bonchev–Trinajstić information content (AvgIpc) is 2.84. The van der Waals surface area contributed by atoms with E-state index in [1.165, 1.54) is 0 Å². The quantitative estimate of drug-likeness (QED) is 0.895. The number of aromatic hydroxyl groups is 1. The highest BCUT2D eigenvalue weighted by atomic mass is 16.5. The van der Waals surface area contributed by atoms with Crippen molar-refractivity contribution in [2.24, 2.45) is 7.05 Å². The van der Waals surface area contributed by atoms with Gasteiger partial charge in [-0.1, -0.05) is 0 Å². The molecule has 2 atom stereocenters. The largest absolute Gasteiger partial charge is 0.506 e. The number of ether oxygens (including phenoxy) is 1. The molecule has 0 aliphatic carbocycles. The van der Waals surface area contributed by atoms with E-state index in [4.69, 9.17) is 4.74 Å². The molecule has 0 saturated heterocycles. The van der Waals surface area contributed by atoms with Crippen LogP contribution >= 0.6 is 0 Å². The Balaban J connectivity index is 1.82. The predicted molar refractivity (Wildman–Crippen MR) is 87.7 cm³/mol. The van der Waals surface area contributed by atoms with Crippen LogP contribution in [0.25, 0.3) is 0 Å². The number of rotatable bonds is 3. The van der Waals surface area contributed by atoms with Crippen molar-refractivity contribution in [3.63, 3.8) is 0 Å². The van der Waals surface area contributed by atoms with Crippen molar-refractivity contribution in [3.05, 3.63) is 40.5 Å². The Bertz CT molecular complexity index is 784. The van der Waals surface area contributed by atoms with Gasteiger partial charge in [-0.25, -0.2) is 0 Å². The predicted octanol–water partition coefficient (Wildman–Crippen LogP) is 1.78. The van der Waals surface area contributed by atoms with Gasteiger partial charge in [-0.15, -0.1) is 0 Å². The average molecular weight is 330 g/mol. The van der Waals surface area contributed by atoms with Crippen LogP contribution in [-0.4, -0.2) is 31.9 Å². The summed E-state index contributed by atoms with van der Waals surface area (Å²) in [4.78, 5) is 16.9. The maximum atomic E-state index is 12.7. The molecular formula is C17H22N4O3. The molecule has 3 rings (SSSR count). The van der Waals surface area contributed by atoms with E-state index in [0.29, 0.717) is 17.8 Å². The molecule has 0 saturated carbocycles. The van der Waals surface area contributed by atoms with Crippen molar-refractivity contribution < 1.29 is 14.6 Å². The van der Waals surface area contributed by atoms with E-state index in [1.807, 2.05) is 20.8 Å². The van der Waals surface area contributed by atoms with Crippen LogP contribution in [0.15, 0.2) is 12.1 Å². The Morgan fingerprint density at radius 3 is 2.96 bits per heavy atom. The molecule has 7 nitrogen and oxygen atoms in total. The van der Waals surface area contributed by atoms with E-state index in [2.05, 4.69) is 15.4 Å². The molecule has 0 spiro atoms. The van der Waals surface area contributed by atoms with Crippen molar-refractivity contribution in [2.45, 2.75) is 45.9 Å². The minimum Gasteiger partial charge on any atom is -0.506 e. The molecule has 3 heterocycles. The van der Waals surface area contributed by atoms with E-state index < -0.39 is 0 Å². The molecule has 2 N–H and O–H groups in total. The Labute approximate surface area is 140 Å². The zero-order chi connectivity index (χ0) is 17.4. The summed E-state index contributed by atoms with van der Waals surface area (Å²) in [5.41, 5.74) is 3.53. The summed E-state index contributed by atoms with van der Waals surface area (Å²) in [7, 11) is 1.76. The number of aryl methyl sites for hydroxylation is 2. The lowest BCUT2D eigenvalue weighted by Gasteiger charge is -2.24. The van der Waals surface area contributed by atoms with Crippen LogP contribution in [-0.2, 0) is 24.8 Å². The highest BCUT2D eigenvalue weighted by molar-refractivity contribution is 5.94.